The van der Waals surface area contributed by atoms with E-state index in [1.807, 2.05) is 30.3 Å². The lowest BCUT2D eigenvalue weighted by Crippen LogP contribution is -2.08. The van der Waals surface area contributed by atoms with Gasteiger partial charge in [-0.3, -0.25) is 0 Å². The van der Waals surface area contributed by atoms with Crippen molar-refractivity contribution in [2.75, 3.05) is 0 Å². The second-order valence-electron chi connectivity index (χ2n) is 5.45. The fourth-order valence-electron chi connectivity index (χ4n) is 2.45. The topological polar surface area (TPSA) is 63.7 Å². The first kappa shape index (κ1) is 16.1. The van der Waals surface area contributed by atoms with Crippen molar-refractivity contribution < 1.29 is 17.9 Å². The number of aromatic nitrogens is 4. The fraction of sp³-hybridized carbons (Fsp3) is 0.0556. The van der Waals surface area contributed by atoms with E-state index in [1.165, 1.54) is 0 Å². The average Bonchev–Trinajstić information content (AvgIpc) is 3.06. The zero-order valence-corrected chi connectivity index (χ0v) is 13.2. The summed E-state index contributed by atoms with van der Waals surface area (Å²) in [4.78, 5) is 14.8. The lowest BCUT2D eigenvalue weighted by atomic mass is 10.2. The number of halogens is 3. The van der Waals surface area contributed by atoms with Crippen molar-refractivity contribution in [2.24, 2.45) is 0 Å². The van der Waals surface area contributed by atoms with E-state index >= 15 is 0 Å². The summed E-state index contributed by atoms with van der Waals surface area (Å²) in [7, 11) is 0. The van der Waals surface area contributed by atoms with E-state index in [9.17, 15) is 13.2 Å². The molecule has 4 aromatic rings. The summed E-state index contributed by atoms with van der Waals surface area (Å²) in [5, 5.41) is 0. The largest absolute Gasteiger partial charge is 0.433 e. The summed E-state index contributed by atoms with van der Waals surface area (Å²) in [6.45, 7) is 0. The van der Waals surface area contributed by atoms with Crippen LogP contribution in [0, 0.1) is 0 Å². The molecule has 2 aromatic carbocycles. The van der Waals surface area contributed by atoms with Gasteiger partial charge in [-0.1, -0.05) is 24.3 Å². The molecule has 0 bridgehead atoms. The lowest BCUT2D eigenvalue weighted by molar-refractivity contribution is -0.141. The normalized spacial score (nSPS) is 11.7. The predicted octanol–water partition coefficient (Wildman–Crippen LogP) is 4.83. The van der Waals surface area contributed by atoms with Crippen molar-refractivity contribution in [1.82, 2.24) is 19.9 Å². The van der Waals surface area contributed by atoms with E-state index in [0.717, 1.165) is 28.9 Å². The number of alkyl halides is 3. The van der Waals surface area contributed by atoms with Gasteiger partial charge in [-0.15, -0.1) is 0 Å². The van der Waals surface area contributed by atoms with Crippen molar-refractivity contribution in [3.05, 3.63) is 66.5 Å². The highest BCUT2D eigenvalue weighted by Crippen LogP contribution is 2.30. The van der Waals surface area contributed by atoms with Gasteiger partial charge in [0.15, 0.2) is 5.69 Å². The maximum atomic E-state index is 12.7. The monoisotopic (exact) mass is 356 g/mol. The van der Waals surface area contributed by atoms with Gasteiger partial charge in [0, 0.05) is 11.8 Å². The Morgan fingerprint density at radius 1 is 0.923 bits per heavy atom. The van der Waals surface area contributed by atoms with E-state index in [4.69, 9.17) is 4.74 Å². The minimum absolute atomic E-state index is 0.308. The number of hydrogen-bond donors (Lipinski definition) is 1. The van der Waals surface area contributed by atoms with Gasteiger partial charge >= 0.3 is 12.2 Å². The van der Waals surface area contributed by atoms with Crippen molar-refractivity contribution in [2.45, 2.75) is 6.18 Å². The third-order valence-corrected chi connectivity index (χ3v) is 3.63. The van der Waals surface area contributed by atoms with Crippen LogP contribution in [-0.2, 0) is 6.18 Å². The van der Waals surface area contributed by atoms with Gasteiger partial charge in [-0.25, -0.2) is 9.97 Å². The molecule has 4 rings (SSSR count). The van der Waals surface area contributed by atoms with Gasteiger partial charge in [-0.05, 0) is 30.3 Å². The van der Waals surface area contributed by atoms with Gasteiger partial charge in [0.1, 0.15) is 11.6 Å². The van der Waals surface area contributed by atoms with Crippen LogP contribution in [0.1, 0.15) is 5.69 Å². The van der Waals surface area contributed by atoms with Crippen LogP contribution < -0.4 is 4.74 Å². The molecule has 2 aromatic heterocycles. The van der Waals surface area contributed by atoms with Crippen molar-refractivity contribution >= 4 is 11.0 Å². The van der Waals surface area contributed by atoms with Crippen molar-refractivity contribution in [1.29, 1.82) is 0 Å². The molecule has 1 N–H and O–H groups in total. The Labute approximate surface area is 145 Å². The molecule has 0 spiro atoms. The molecule has 0 amide bonds. The number of aromatic amines is 1. The molecule has 0 aliphatic carbocycles. The Morgan fingerprint density at radius 3 is 2.58 bits per heavy atom. The maximum Gasteiger partial charge on any atom is 0.433 e. The van der Waals surface area contributed by atoms with Crippen LogP contribution >= 0.6 is 0 Å². The minimum atomic E-state index is -4.56. The number of ether oxygens (including phenoxy) is 1. The average molecular weight is 356 g/mol. The van der Waals surface area contributed by atoms with Crippen LogP contribution in [-0.4, -0.2) is 19.9 Å². The quantitative estimate of drug-likeness (QED) is 0.571. The Hall–Kier alpha value is -3.42. The molecule has 0 radical (unpaired) electrons. The van der Waals surface area contributed by atoms with Crippen LogP contribution in [0.3, 0.4) is 0 Å². The number of nitrogens with one attached hydrogen (secondary N) is 1. The van der Waals surface area contributed by atoms with Crippen LogP contribution in [0.4, 0.5) is 13.2 Å². The summed E-state index contributed by atoms with van der Waals surface area (Å²) < 4.78 is 43.6. The van der Waals surface area contributed by atoms with Crippen LogP contribution in [0.15, 0.2) is 60.8 Å². The first-order valence-electron chi connectivity index (χ1n) is 7.62. The van der Waals surface area contributed by atoms with Gasteiger partial charge in [0.2, 0.25) is 0 Å². The van der Waals surface area contributed by atoms with E-state index in [-0.39, 0.29) is 6.01 Å². The summed E-state index contributed by atoms with van der Waals surface area (Å²) >= 11 is 0. The number of para-hydroxylation sites is 2. The van der Waals surface area contributed by atoms with Crippen LogP contribution in [0.2, 0.25) is 0 Å². The molecular formula is C18H11F3N4O. The number of rotatable bonds is 3. The van der Waals surface area contributed by atoms with E-state index in [2.05, 4.69) is 19.9 Å². The van der Waals surface area contributed by atoms with E-state index in [1.54, 1.807) is 18.2 Å². The molecule has 0 saturated carbocycles. The number of H-pyrrole nitrogens is 1. The highest BCUT2D eigenvalue weighted by atomic mass is 19.4. The minimum Gasteiger partial charge on any atom is -0.424 e. The molecule has 5 nitrogen and oxygen atoms in total. The smallest absolute Gasteiger partial charge is 0.424 e. The van der Waals surface area contributed by atoms with E-state index < -0.39 is 11.9 Å². The van der Waals surface area contributed by atoms with Crippen LogP contribution in [0.5, 0.6) is 11.8 Å². The molecule has 0 unspecified atom stereocenters. The molecule has 0 fully saturated rings. The second-order valence-corrected chi connectivity index (χ2v) is 5.45. The van der Waals surface area contributed by atoms with Crippen molar-refractivity contribution in [3.8, 4) is 23.1 Å². The highest BCUT2D eigenvalue weighted by Gasteiger charge is 2.33. The van der Waals surface area contributed by atoms with Crippen LogP contribution in [0.25, 0.3) is 22.4 Å². The molecule has 0 aliphatic rings. The molecule has 130 valence electrons. The number of benzene rings is 2. The molecule has 0 saturated heterocycles. The highest BCUT2D eigenvalue weighted by molar-refractivity contribution is 5.79. The summed E-state index contributed by atoms with van der Waals surface area (Å²) in [6.07, 6.45) is -3.55. The predicted molar refractivity (Wildman–Crippen MR) is 88.6 cm³/mol. The Balaban J connectivity index is 1.64. The Morgan fingerprint density at radius 2 is 1.77 bits per heavy atom. The molecular weight excluding hydrogens is 345 g/mol. The SMILES string of the molecule is FC(F)(F)c1ccnc(Oc2cccc(-c3nc4ccccc4[nH]3)c2)n1. The second kappa shape index (κ2) is 6.14. The first-order valence-corrected chi connectivity index (χ1v) is 7.62. The molecule has 0 aliphatic heterocycles. The number of nitrogens with zero attached hydrogens (tertiary/aromatic N) is 3. The molecule has 0 atom stereocenters. The fourth-order valence-corrected chi connectivity index (χ4v) is 2.45. The lowest BCUT2D eigenvalue weighted by Gasteiger charge is -2.08. The maximum absolute atomic E-state index is 12.7. The zero-order chi connectivity index (χ0) is 18.1. The van der Waals surface area contributed by atoms with Gasteiger partial charge in [0.05, 0.1) is 11.0 Å². The zero-order valence-electron chi connectivity index (χ0n) is 13.2. The Kier molecular flexibility index (Phi) is 3.80. The van der Waals surface area contributed by atoms with Gasteiger partial charge < -0.3 is 9.72 Å². The van der Waals surface area contributed by atoms with Gasteiger partial charge in [-0.2, -0.15) is 18.2 Å². The number of fused-ring (bicyclic) bond motifs is 1. The molecule has 26 heavy (non-hydrogen) atoms. The summed E-state index contributed by atoms with van der Waals surface area (Å²) in [5.41, 5.74) is 1.37. The molecule has 2 heterocycles. The number of imidazole rings is 1. The molecule has 8 heteroatoms. The first-order chi connectivity index (χ1) is 12.5. The number of hydrogen-bond acceptors (Lipinski definition) is 4. The summed E-state index contributed by atoms with van der Waals surface area (Å²) in [6, 6.07) is 14.8. The van der Waals surface area contributed by atoms with Gasteiger partial charge in [0.25, 0.3) is 0 Å². The van der Waals surface area contributed by atoms with Crippen molar-refractivity contribution in [3.63, 3.8) is 0 Å². The van der Waals surface area contributed by atoms with E-state index in [0.29, 0.717) is 11.6 Å². The Bertz CT molecular complexity index is 1040. The standard InChI is InChI=1S/C18H11F3N4O/c19-18(20,21)15-8-9-22-17(25-15)26-12-5-3-4-11(10-12)16-23-13-6-1-2-7-14(13)24-16/h1-10H,(H,23,24). The third-order valence-electron chi connectivity index (χ3n) is 3.63. The third kappa shape index (κ3) is 3.21. The summed E-state index contributed by atoms with van der Waals surface area (Å²) in [5.74, 6) is 0.934.